The first-order chi connectivity index (χ1) is 18.7. The number of aliphatic carboxylic acids is 1. The van der Waals surface area contributed by atoms with Crippen molar-refractivity contribution in [3.8, 4) is 0 Å². The SMILES string of the molecule is Cc1cccc(NC(=O)N2CCN(C(=O)Nc3ccc(Cl)cc3)C2C(=O)NC(CC(=O)O)C2CCCCC2)c1. The number of carboxylic acids is 1. The van der Waals surface area contributed by atoms with Crippen molar-refractivity contribution in [3.63, 3.8) is 0 Å². The smallest absolute Gasteiger partial charge is 0.323 e. The van der Waals surface area contributed by atoms with Gasteiger partial charge in [-0.05, 0) is 67.6 Å². The average Bonchev–Trinajstić information content (AvgIpc) is 3.36. The largest absolute Gasteiger partial charge is 0.481 e. The number of nitrogens with one attached hydrogen (secondary N) is 3. The van der Waals surface area contributed by atoms with Crippen LogP contribution >= 0.6 is 11.6 Å². The molecule has 2 atom stereocenters. The summed E-state index contributed by atoms with van der Waals surface area (Å²) in [6.45, 7) is 2.14. The molecule has 1 aliphatic carbocycles. The summed E-state index contributed by atoms with van der Waals surface area (Å²) in [6.07, 6.45) is 3.18. The summed E-state index contributed by atoms with van der Waals surface area (Å²) in [4.78, 5) is 54.6. The molecule has 4 rings (SSSR count). The third-order valence-electron chi connectivity index (χ3n) is 7.23. The Labute approximate surface area is 232 Å². The van der Waals surface area contributed by atoms with Crippen LogP contribution in [0, 0.1) is 12.8 Å². The number of carboxylic acid groups (broad SMARTS) is 1. The molecule has 5 amide bonds. The van der Waals surface area contributed by atoms with Crippen molar-refractivity contribution < 1.29 is 24.3 Å². The number of carbonyl (C=O) groups is 4. The lowest BCUT2D eigenvalue weighted by molar-refractivity contribution is -0.138. The van der Waals surface area contributed by atoms with Crippen LogP contribution < -0.4 is 16.0 Å². The zero-order chi connectivity index (χ0) is 27.9. The second-order valence-corrected chi connectivity index (χ2v) is 10.5. The molecular formula is C28H34ClN5O5. The molecule has 0 bridgehead atoms. The molecule has 1 saturated carbocycles. The Morgan fingerprint density at radius 2 is 1.54 bits per heavy atom. The molecular weight excluding hydrogens is 522 g/mol. The maximum absolute atomic E-state index is 13.7. The lowest BCUT2D eigenvalue weighted by Crippen LogP contribution is -2.58. The Morgan fingerprint density at radius 1 is 0.923 bits per heavy atom. The number of benzene rings is 2. The van der Waals surface area contributed by atoms with Crippen LogP contribution in [0.1, 0.15) is 44.1 Å². The number of carbonyl (C=O) groups excluding carboxylic acids is 3. The highest BCUT2D eigenvalue weighted by Crippen LogP contribution is 2.29. The van der Waals surface area contributed by atoms with E-state index in [1.54, 1.807) is 36.4 Å². The molecule has 0 spiro atoms. The number of amides is 5. The van der Waals surface area contributed by atoms with Gasteiger partial charge in [0.1, 0.15) is 0 Å². The summed E-state index contributed by atoms with van der Waals surface area (Å²) in [5.74, 6) is -1.58. The first-order valence-corrected chi connectivity index (χ1v) is 13.6. The van der Waals surface area contributed by atoms with Crippen molar-refractivity contribution in [3.05, 3.63) is 59.1 Å². The van der Waals surface area contributed by atoms with E-state index in [4.69, 9.17) is 11.6 Å². The fourth-order valence-corrected chi connectivity index (χ4v) is 5.43. The summed E-state index contributed by atoms with van der Waals surface area (Å²) in [5, 5.41) is 18.5. The molecule has 2 aromatic rings. The summed E-state index contributed by atoms with van der Waals surface area (Å²) >= 11 is 5.95. The molecule has 4 N–H and O–H groups in total. The number of rotatable bonds is 7. The van der Waals surface area contributed by atoms with Gasteiger partial charge in [-0.1, -0.05) is 43.0 Å². The van der Waals surface area contributed by atoms with Gasteiger partial charge in [0.15, 0.2) is 6.17 Å². The van der Waals surface area contributed by atoms with Gasteiger partial charge in [-0.3, -0.25) is 19.4 Å². The summed E-state index contributed by atoms with van der Waals surface area (Å²) in [7, 11) is 0. The molecule has 1 saturated heterocycles. The first kappa shape index (κ1) is 28.2. The normalized spacial score (nSPS) is 18.4. The van der Waals surface area contributed by atoms with Crippen molar-refractivity contribution in [1.29, 1.82) is 0 Å². The number of halogens is 1. The van der Waals surface area contributed by atoms with E-state index in [1.807, 2.05) is 19.1 Å². The van der Waals surface area contributed by atoms with E-state index in [1.165, 1.54) is 9.80 Å². The molecule has 39 heavy (non-hydrogen) atoms. The first-order valence-electron chi connectivity index (χ1n) is 13.2. The van der Waals surface area contributed by atoms with Gasteiger partial charge in [0.2, 0.25) is 0 Å². The lowest BCUT2D eigenvalue weighted by atomic mass is 9.82. The molecule has 1 aliphatic heterocycles. The highest BCUT2D eigenvalue weighted by molar-refractivity contribution is 6.30. The minimum absolute atomic E-state index is 0.0196. The maximum atomic E-state index is 13.7. The Balaban J connectivity index is 1.56. The van der Waals surface area contributed by atoms with Gasteiger partial charge in [0.05, 0.1) is 6.42 Å². The van der Waals surface area contributed by atoms with Crippen LogP contribution in [0.2, 0.25) is 5.02 Å². The molecule has 208 valence electrons. The van der Waals surface area contributed by atoms with E-state index in [2.05, 4.69) is 16.0 Å². The van der Waals surface area contributed by atoms with Crippen molar-refractivity contribution in [1.82, 2.24) is 15.1 Å². The number of hydrogen-bond donors (Lipinski definition) is 4. The van der Waals surface area contributed by atoms with Crippen LogP contribution in [0.25, 0.3) is 0 Å². The lowest BCUT2D eigenvalue weighted by Gasteiger charge is -2.34. The van der Waals surface area contributed by atoms with Crippen molar-refractivity contribution in [2.75, 3.05) is 23.7 Å². The van der Waals surface area contributed by atoms with Gasteiger partial charge in [-0.15, -0.1) is 0 Å². The number of hydrogen-bond acceptors (Lipinski definition) is 4. The van der Waals surface area contributed by atoms with Gasteiger partial charge in [0.25, 0.3) is 5.91 Å². The van der Waals surface area contributed by atoms with Gasteiger partial charge in [0, 0.05) is 35.5 Å². The highest BCUT2D eigenvalue weighted by Gasteiger charge is 2.44. The Bertz CT molecular complexity index is 1200. The second kappa shape index (κ2) is 12.8. The molecule has 11 heteroatoms. The second-order valence-electron chi connectivity index (χ2n) is 10.1. The standard InChI is InChI=1S/C28H34ClN5O5/c1-18-6-5-9-22(16-18)31-28(39)34-15-14-33(27(38)30-21-12-10-20(29)11-13-21)26(34)25(37)32-23(17-24(35)36)19-7-3-2-4-8-19/h5-6,9-13,16,19,23,26H,2-4,7-8,14-15,17H2,1H3,(H,30,38)(H,31,39)(H,32,37)(H,35,36). The molecule has 10 nitrogen and oxygen atoms in total. The van der Waals surface area contributed by atoms with Crippen LogP contribution in [0.3, 0.4) is 0 Å². The highest BCUT2D eigenvalue weighted by atomic mass is 35.5. The van der Waals surface area contributed by atoms with Crippen molar-refractivity contribution in [2.24, 2.45) is 5.92 Å². The van der Waals surface area contributed by atoms with E-state index >= 15 is 0 Å². The fourth-order valence-electron chi connectivity index (χ4n) is 5.30. The predicted molar refractivity (Wildman–Crippen MR) is 149 cm³/mol. The van der Waals surface area contributed by atoms with Gasteiger partial charge in [-0.25, -0.2) is 9.59 Å². The molecule has 0 aromatic heterocycles. The number of urea groups is 2. The molecule has 2 aliphatic rings. The Morgan fingerprint density at radius 3 is 2.13 bits per heavy atom. The van der Waals surface area contributed by atoms with Crippen molar-refractivity contribution >= 4 is 46.9 Å². The molecule has 0 radical (unpaired) electrons. The van der Waals surface area contributed by atoms with Crippen LogP contribution in [-0.2, 0) is 9.59 Å². The minimum atomic E-state index is -1.26. The van der Waals surface area contributed by atoms with E-state index in [-0.39, 0.29) is 25.4 Å². The van der Waals surface area contributed by atoms with Crippen LogP contribution in [0.4, 0.5) is 21.0 Å². The zero-order valence-corrected chi connectivity index (χ0v) is 22.6. The van der Waals surface area contributed by atoms with Gasteiger partial charge < -0.3 is 21.1 Å². The van der Waals surface area contributed by atoms with E-state index in [0.717, 1.165) is 37.7 Å². The summed E-state index contributed by atoms with van der Waals surface area (Å²) < 4.78 is 0. The molecule has 2 aromatic carbocycles. The average molecular weight is 556 g/mol. The monoisotopic (exact) mass is 555 g/mol. The van der Waals surface area contributed by atoms with Crippen LogP contribution in [-0.4, -0.2) is 64.1 Å². The zero-order valence-electron chi connectivity index (χ0n) is 21.9. The maximum Gasteiger partial charge on any atom is 0.323 e. The van der Waals surface area contributed by atoms with Gasteiger partial charge in [-0.2, -0.15) is 0 Å². The number of anilines is 2. The third-order valence-corrected chi connectivity index (χ3v) is 7.49. The third kappa shape index (κ3) is 7.41. The summed E-state index contributed by atoms with van der Waals surface area (Å²) in [5.41, 5.74) is 2.00. The topological polar surface area (TPSA) is 131 Å². The number of nitrogens with zero attached hydrogens (tertiary/aromatic N) is 2. The van der Waals surface area contributed by atoms with E-state index in [9.17, 15) is 24.3 Å². The minimum Gasteiger partial charge on any atom is -0.481 e. The van der Waals surface area contributed by atoms with Gasteiger partial charge >= 0.3 is 18.0 Å². The van der Waals surface area contributed by atoms with Crippen molar-refractivity contribution in [2.45, 2.75) is 57.7 Å². The molecule has 1 heterocycles. The molecule has 2 fully saturated rings. The Kier molecular flexibility index (Phi) is 9.29. The van der Waals surface area contributed by atoms with E-state index in [0.29, 0.717) is 16.4 Å². The quantitative estimate of drug-likeness (QED) is 0.386. The summed E-state index contributed by atoms with van der Waals surface area (Å²) in [6, 6.07) is 12.1. The predicted octanol–water partition coefficient (Wildman–Crippen LogP) is 4.90. The Hall–Kier alpha value is -3.79. The number of aryl methyl sites for hydroxylation is 1. The van der Waals surface area contributed by atoms with E-state index < -0.39 is 36.1 Å². The van der Waals surface area contributed by atoms with Crippen LogP contribution in [0.5, 0.6) is 0 Å². The fraction of sp³-hybridized carbons (Fsp3) is 0.429. The van der Waals surface area contributed by atoms with Crippen LogP contribution in [0.15, 0.2) is 48.5 Å². The molecule has 2 unspecified atom stereocenters.